The highest BCUT2D eigenvalue weighted by atomic mass is 32.2. The molecule has 4 amide bonds. The Labute approximate surface area is 247 Å². The number of nitrogens with one attached hydrogen (secondary N) is 4. The molecule has 0 saturated carbocycles. The van der Waals surface area contributed by atoms with Gasteiger partial charge in [-0.2, -0.15) is 11.8 Å². The van der Waals surface area contributed by atoms with Crippen LogP contribution in [0.5, 0.6) is 0 Å². The number of hydrogen-bond donors (Lipinski definition) is 9. The van der Waals surface area contributed by atoms with Crippen molar-refractivity contribution in [2.75, 3.05) is 18.6 Å². The van der Waals surface area contributed by atoms with Crippen LogP contribution >= 0.6 is 11.8 Å². The molecule has 1 heterocycles. The molecule has 1 aromatic carbocycles. The number of para-hydroxylation sites is 1. The molecule has 0 aliphatic carbocycles. The molecule has 0 aliphatic rings. The second kappa shape index (κ2) is 16.8. The molecule has 16 heteroatoms. The number of guanidine groups is 1. The first-order chi connectivity index (χ1) is 19.9. The summed E-state index contributed by atoms with van der Waals surface area (Å²) in [6.07, 6.45) is 3.66. The Morgan fingerprint density at radius 1 is 0.952 bits per heavy atom. The summed E-state index contributed by atoms with van der Waals surface area (Å²) < 4.78 is 0. The third kappa shape index (κ3) is 10.9. The van der Waals surface area contributed by atoms with E-state index in [0.717, 1.165) is 10.9 Å². The van der Waals surface area contributed by atoms with E-state index in [4.69, 9.17) is 22.9 Å². The maximum Gasteiger partial charge on any atom is 0.326 e. The summed E-state index contributed by atoms with van der Waals surface area (Å²) in [5, 5.41) is 18.2. The summed E-state index contributed by atoms with van der Waals surface area (Å²) in [7, 11) is 0. The number of carbonyl (C=O) groups excluding carboxylic acids is 4. The van der Waals surface area contributed by atoms with E-state index in [2.05, 4.69) is 25.9 Å². The number of H-pyrrole nitrogens is 1. The Kier molecular flexibility index (Phi) is 13.6. The van der Waals surface area contributed by atoms with Gasteiger partial charge in [-0.1, -0.05) is 18.2 Å². The summed E-state index contributed by atoms with van der Waals surface area (Å²) in [6, 6.07) is 2.56. The van der Waals surface area contributed by atoms with Crippen molar-refractivity contribution in [3.8, 4) is 0 Å². The number of carboxylic acids is 1. The lowest BCUT2D eigenvalue weighted by molar-refractivity contribution is -0.142. The highest BCUT2D eigenvalue weighted by Gasteiger charge is 2.31. The number of amides is 4. The molecular weight excluding hydrogens is 566 g/mol. The molecule has 4 atom stereocenters. The van der Waals surface area contributed by atoms with Crippen LogP contribution in [0.4, 0.5) is 0 Å². The van der Waals surface area contributed by atoms with Crippen LogP contribution in [0.2, 0.25) is 0 Å². The minimum absolute atomic E-state index is 0.0201. The van der Waals surface area contributed by atoms with Crippen LogP contribution in [0.25, 0.3) is 10.9 Å². The third-order valence-corrected chi connectivity index (χ3v) is 6.94. The first-order valence-electron chi connectivity index (χ1n) is 13.2. The van der Waals surface area contributed by atoms with Gasteiger partial charge in [0, 0.05) is 30.1 Å². The van der Waals surface area contributed by atoms with Gasteiger partial charge in [0.25, 0.3) is 0 Å². The van der Waals surface area contributed by atoms with E-state index in [1.165, 1.54) is 11.8 Å². The molecule has 0 spiro atoms. The van der Waals surface area contributed by atoms with Crippen LogP contribution in [0.3, 0.4) is 0 Å². The fraction of sp³-hybridized carbons (Fsp3) is 0.462. The molecule has 4 unspecified atom stereocenters. The van der Waals surface area contributed by atoms with E-state index >= 15 is 0 Å². The molecular formula is C26H39N9O6S. The van der Waals surface area contributed by atoms with E-state index in [9.17, 15) is 29.1 Å². The van der Waals surface area contributed by atoms with Gasteiger partial charge >= 0.3 is 5.97 Å². The monoisotopic (exact) mass is 605 g/mol. The minimum atomic E-state index is -1.27. The summed E-state index contributed by atoms with van der Waals surface area (Å²) in [6.45, 7) is 0.173. The lowest BCUT2D eigenvalue weighted by Gasteiger charge is -2.25. The van der Waals surface area contributed by atoms with E-state index < -0.39 is 60.2 Å². The van der Waals surface area contributed by atoms with Crippen molar-refractivity contribution in [1.29, 1.82) is 0 Å². The predicted molar refractivity (Wildman–Crippen MR) is 160 cm³/mol. The fourth-order valence-electron chi connectivity index (χ4n) is 4.13. The van der Waals surface area contributed by atoms with Crippen molar-refractivity contribution in [3.05, 3.63) is 36.0 Å². The first-order valence-corrected chi connectivity index (χ1v) is 14.6. The number of benzene rings is 1. The number of primary amides is 1. The number of fused-ring (bicyclic) bond motifs is 1. The molecule has 0 radical (unpaired) electrons. The lowest BCUT2D eigenvalue weighted by Crippen LogP contribution is -2.58. The Morgan fingerprint density at radius 2 is 1.60 bits per heavy atom. The van der Waals surface area contributed by atoms with Crippen molar-refractivity contribution in [2.45, 2.75) is 56.3 Å². The topological polar surface area (TPSA) is 274 Å². The Balaban J connectivity index is 2.29. The van der Waals surface area contributed by atoms with Crippen molar-refractivity contribution >= 4 is 58.2 Å². The summed E-state index contributed by atoms with van der Waals surface area (Å²) in [5.41, 5.74) is 23.0. The van der Waals surface area contributed by atoms with Crippen LogP contribution < -0.4 is 38.9 Å². The third-order valence-electron chi connectivity index (χ3n) is 6.29. The quantitative estimate of drug-likeness (QED) is 0.0525. The number of nitrogens with zero attached hydrogens (tertiary/aromatic N) is 1. The zero-order valence-electron chi connectivity index (χ0n) is 23.3. The van der Waals surface area contributed by atoms with Gasteiger partial charge < -0.3 is 49.0 Å². The molecule has 2 rings (SSSR count). The first kappa shape index (κ1) is 33.9. The molecule has 230 valence electrons. The molecule has 13 N–H and O–H groups in total. The number of aliphatic imine (C=N–C) groups is 1. The van der Waals surface area contributed by atoms with Crippen LogP contribution in [0.15, 0.2) is 35.5 Å². The molecule has 1 aromatic heterocycles. The van der Waals surface area contributed by atoms with Crippen LogP contribution in [0.1, 0.15) is 31.2 Å². The van der Waals surface area contributed by atoms with Gasteiger partial charge in [-0.15, -0.1) is 0 Å². The van der Waals surface area contributed by atoms with Crippen LogP contribution in [-0.2, 0) is 30.4 Å². The summed E-state index contributed by atoms with van der Waals surface area (Å²) >= 11 is 1.44. The van der Waals surface area contributed by atoms with Gasteiger partial charge in [-0.05, 0) is 42.9 Å². The standard InChI is InChI=1S/C26H39N9O6S/c1-42-10-8-18(33-22(37)16(27)12-21(28)36)23(38)35-20(11-14-13-32-17-6-3-2-5-15(14)17)24(39)34-19(25(40)41)7-4-9-31-26(29)30/h2-3,5-6,13,16,18-20,32H,4,7-12,27H2,1H3,(H2,28,36)(H,33,37)(H,34,39)(H,35,38)(H,40,41)(H4,29,30,31). The van der Waals surface area contributed by atoms with E-state index in [0.29, 0.717) is 11.3 Å². The number of nitrogens with two attached hydrogens (primary N) is 4. The molecule has 0 bridgehead atoms. The smallest absolute Gasteiger partial charge is 0.326 e. The van der Waals surface area contributed by atoms with E-state index in [1.807, 2.05) is 30.5 Å². The van der Waals surface area contributed by atoms with Gasteiger partial charge in [0.05, 0.1) is 12.5 Å². The van der Waals surface area contributed by atoms with Gasteiger partial charge in [-0.25, -0.2) is 4.79 Å². The minimum Gasteiger partial charge on any atom is -0.480 e. The van der Waals surface area contributed by atoms with Crippen LogP contribution in [0, 0.1) is 0 Å². The zero-order chi connectivity index (χ0) is 31.2. The van der Waals surface area contributed by atoms with Crippen molar-refractivity contribution in [2.24, 2.45) is 27.9 Å². The Morgan fingerprint density at radius 3 is 2.24 bits per heavy atom. The van der Waals surface area contributed by atoms with E-state index in [1.54, 1.807) is 6.20 Å². The van der Waals surface area contributed by atoms with Crippen molar-refractivity contribution < 1.29 is 29.1 Å². The Bertz CT molecular complexity index is 1280. The zero-order valence-corrected chi connectivity index (χ0v) is 24.1. The maximum atomic E-state index is 13.5. The number of aliphatic carboxylic acids is 1. The largest absolute Gasteiger partial charge is 0.480 e. The Hall–Kier alpha value is -4.31. The fourth-order valence-corrected chi connectivity index (χ4v) is 4.60. The second-order valence-electron chi connectivity index (χ2n) is 9.59. The highest BCUT2D eigenvalue weighted by molar-refractivity contribution is 7.98. The molecule has 0 saturated heterocycles. The maximum absolute atomic E-state index is 13.5. The molecule has 0 aliphatic heterocycles. The number of aromatic amines is 1. The van der Waals surface area contributed by atoms with Crippen molar-refractivity contribution in [3.63, 3.8) is 0 Å². The second-order valence-corrected chi connectivity index (χ2v) is 10.6. The SMILES string of the molecule is CSCCC(NC(=O)C(N)CC(N)=O)C(=O)NC(Cc1c[nH]c2ccccc12)C(=O)NC(CCCN=C(N)N)C(=O)O. The number of carbonyl (C=O) groups is 5. The van der Waals surface area contributed by atoms with Gasteiger partial charge in [0.2, 0.25) is 23.6 Å². The lowest BCUT2D eigenvalue weighted by atomic mass is 10.0. The van der Waals surface area contributed by atoms with E-state index in [-0.39, 0.29) is 38.2 Å². The molecule has 15 nitrogen and oxygen atoms in total. The number of hydrogen-bond acceptors (Lipinski definition) is 8. The predicted octanol–water partition coefficient (Wildman–Crippen LogP) is -1.74. The highest BCUT2D eigenvalue weighted by Crippen LogP contribution is 2.19. The molecule has 42 heavy (non-hydrogen) atoms. The molecule has 0 fully saturated rings. The number of thioether (sulfide) groups is 1. The summed E-state index contributed by atoms with van der Waals surface area (Å²) in [5.74, 6) is -3.85. The number of rotatable bonds is 18. The van der Waals surface area contributed by atoms with Gasteiger partial charge in [-0.3, -0.25) is 24.2 Å². The average Bonchev–Trinajstić information content (AvgIpc) is 3.34. The van der Waals surface area contributed by atoms with Crippen molar-refractivity contribution in [1.82, 2.24) is 20.9 Å². The molecule has 2 aromatic rings. The van der Waals surface area contributed by atoms with Gasteiger partial charge in [0.15, 0.2) is 5.96 Å². The van der Waals surface area contributed by atoms with Crippen LogP contribution in [-0.4, -0.2) is 88.4 Å². The normalized spacial score (nSPS) is 13.8. The summed E-state index contributed by atoms with van der Waals surface area (Å²) in [4.78, 5) is 69.5. The number of carboxylic acid groups (broad SMARTS) is 1. The van der Waals surface area contributed by atoms with Gasteiger partial charge in [0.1, 0.15) is 18.1 Å². The average molecular weight is 606 g/mol. The number of aromatic nitrogens is 1.